The molecule has 3 aromatic heterocycles. The number of imidazole rings is 1. The maximum atomic E-state index is 12.2. The van der Waals surface area contributed by atoms with Gasteiger partial charge < -0.3 is 14.0 Å². The van der Waals surface area contributed by atoms with Crippen molar-refractivity contribution in [2.75, 3.05) is 19.8 Å². The van der Waals surface area contributed by atoms with Crippen molar-refractivity contribution in [3.05, 3.63) is 66.2 Å². The zero-order valence-electron chi connectivity index (χ0n) is 14.0. The fraction of sp³-hybridized carbons (Fsp3) is 0.211. The maximum absolute atomic E-state index is 12.2. The third-order valence-electron chi connectivity index (χ3n) is 4.48. The van der Waals surface area contributed by atoms with Crippen molar-refractivity contribution < 1.29 is 9.53 Å². The number of aromatic nitrogens is 3. The van der Waals surface area contributed by atoms with Crippen LogP contribution in [-0.4, -0.2) is 44.9 Å². The predicted octanol–water partition coefficient (Wildman–Crippen LogP) is 3.14. The van der Waals surface area contributed by atoms with E-state index in [1.807, 2.05) is 35.0 Å². The standard InChI is InChI=1S/C19H17ClN4O2/c1-2-19(25)24-7-8-26-12-16(24)14-9-15(22-17(20)10-14)13-3-5-23-6-4-21-18(23)11-13/h2-6,9-11,16H,1,7-8,12H2. The number of hydrogen-bond donors (Lipinski definition) is 0. The molecule has 0 aliphatic carbocycles. The molecule has 0 bridgehead atoms. The van der Waals surface area contributed by atoms with Crippen molar-refractivity contribution in [3.63, 3.8) is 0 Å². The lowest BCUT2D eigenvalue weighted by molar-refractivity contribution is -0.134. The second kappa shape index (κ2) is 6.90. The number of hydrogen-bond acceptors (Lipinski definition) is 4. The summed E-state index contributed by atoms with van der Waals surface area (Å²) >= 11 is 6.28. The molecule has 132 valence electrons. The van der Waals surface area contributed by atoms with E-state index in [2.05, 4.69) is 16.5 Å². The molecule has 26 heavy (non-hydrogen) atoms. The first-order valence-electron chi connectivity index (χ1n) is 8.27. The SMILES string of the molecule is C=CC(=O)N1CCOCC1c1cc(Cl)nc(-c2ccn3ccnc3c2)c1. The van der Waals surface area contributed by atoms with Crippen molar-refractivity contribution in [1.29, 1.82) is 0 Å². The molecule has 0 saturated carbocycles. The monoisotopic (exact) mass is 368 g/mol. The molecule has 1 amide bonds. The van der Waals surface area contributed by atoms with Gasteiger partial charge in [0.1, 0.15) is 10.8 Å². The molecular weight excluding hydrogens is 352 g/mol. The summed E-state index contributed by atoms with van der Waals surface area (Å²) in [4.78, 5) is 22.7. The number of carbonyl (C=O) groups excluding carboxylic acids is 1. The van der Waals surface area contributed by atoms with E-state index in [4.69, 9.17) is 16.3 Å². The molecule has 4 heterocycles. The number of amides is 1. The number of ether oxygens (including phenoxy) is 1. The van der Waals surface area contributed by atoms with Crippen LogP contribution in [0.25, 0.3) is 16.9 Å². The lowest BCUT2D eigenvalue weighted by Gasteiger charge is -2.35. The van der Waals surface area contributed by atoms with Crippen LogP contribution in [0.3, 0.4) is 0 Å². The van der Waals surface area contributed by atoms with Crippen LogP contribution in [0.1, 0.15) is 11.6 Å². The quantitative estimate of drug-likeness (QED) is 0.526. The highest BCUT2D eigenvalue weighted by Gasteiger charge is 2.28. The van der Waals surface area contributed by atoms with Gasteiger partial charge in [0, 0.05) is 30.7 Å². The van der Waals surface area contributed by atoms with E-state index in [1.165, 1.54) is 6.08 Å². The lowest BCUT2D eigenvalue weighted by atomic mass is 10.0. The van der Waals surface area contributed by atoms with Gasteiger partial charge in [0.2, 0.25) is 5.91 Å². The Hall–Kier alpha value is -2.70. The zero-order valence-corrected chi connectivity index (χ0v) is 14.8. The molecule has 0 radical (unpaired) electrons. The number of rotatable bonds is 3. The van der Waals surface area contributed by atoms with Crippen LogP contribution in [-0.2, 0) is 9.53 Å². The highest BCUT2D eigenvalue weighted by atomic mass is 35.5. The second-order valence-corrected chi connectivity index (χ2v) is 6.43. The summed E-state index contributed by atoms with van der Waals surface area (Å²) in [7, 11) is 0. The van der Waals surface area contributed by atoms with Crippen molar-refractivity contribution >= 4 is 23.2 Å². The maximum Gasteiger partial charge on any atom is 0.246 e. The third-order valence-corrected chi connectivity index (χ3v) is 4.67. The molecule has 1 aliphatic rings. The van der Waals surface area contributed by atoms with E-state index < -0.39 is 0 Å². The van der Waals surface area contributed by atoms with Gasteiger partial charge in [-0.2, -0.15) is 0 Å². The van der Waals surface area contributed by atoms with E-state index in [-0.39, 0.29) is 11.9 Å². The van der Waals surface area contributed by atoms with Crippen LogP contribution in [0.15, 0.2) is 55.5 Å². The summed E-state index contributed by atoms with van der Waals surface area (Å²) in [5.41, 5.74) is 3.36. The second-order valence-electron chi connectivity index (χ2n) is 6.04. The number of pyridine rings is 2. The first-order valence-corrected chi connectivity index (χ1v) is 8.65. The Labute approximate surface area is 155 Å². The van der Waals surface area contributed by atoms with Gasteiger partial charge in [-0.3, -0.25) is 4.79 Å². The molecule has 7 heteroatoms. The van der Waals surface area contributed by atoms with Crippen molar-refractivity contribution in [3.8, 4) is 11.3 Å². The van der Waals surface area contributed by atoms with E-state index >= 15 is 0 Å². The molecule has 4 rings (SSSR count). The van der Waals surface area contributed by atoms with Crippen LogP contribution in [0, 0.1) is 0 Å². The largest absolute Gasteiger partial charge is 0.377 e. The van der Waals surface area contributed by atoms with Crippen molar-refractivity contribution in [2.24, 2.45) is 0 Å². The van der Waals surface area contributed by atoms with Gasteiger partial charge in [0.25, 0.3) is 0 Å². The Morgan fingerprint density at radius 1 is 1.35 bits per heavy atom. The Kier molecular flexibility index (Phi) is 4.44. The van der Waals surface area contributed by atoms with Gasteiger partial charge in [-0.15, -0.1) is 0 Å². The molecule has 3 aromatic rings. The summed E-state index contributed by atoms with van der Waals surface area (Å²) in [6, 6.07) is 7.42. The first-order chi connectivity index (χ1) is 12.7. The molecule has 0 N–H and O–H groups in total. The van der Waals surface area contributed by atoms with Crippen LogP contribution in [0.2, 0.25) is 5.15 Å². The van der Waals surface area contributed by atoms with Crippen LogP contribution < -0.4 is 0 Å². The van der Waals surface area contributed by atoms with Crippen LogP contribution in [0.4, 0.5) is 0 Å². The lowest BCUT2D eigenvalue weighted by Crippen LogP contribution is -2.42. The van der Waals surface area contributed by atoms with E-state index in [9.17, 15) is 4.79 Å². The average Bonchev–Trinajstić information content (AvgIpc) is 3.14. The number of halogens is 1. The Balaban J connectivity index is 1.75. The molecule has 1 unspecified atom stereocenters. The fourth-order valence-electron chi connectivity index (χ4n) is 3.19. The van der Waals surface area contributed by atoms with E-state index in [0.29, 0.717) is 24.9 Å². The average molecular weight is 369 g/mol. The number of fused-ring (bicyclic) bond motifs is 1. The van der Waals surface area contributed by atoms with Crippen molar-refractivity contribution in [1.82, 2.24) is 19.3 Å². The smallest absolute Gasteiger partial charge is 0.246 e. The molecular formula is C19H17ClN4O2. The van der Waals surface area contributed by atoms with E-state index in [1.54, 1.807) is 17.2 Å². The molecule has 6 nitrogen and oxygen atoms in total. The normalized spacial score (nSPS) is 17.4. The number of carbonyl (C=O) groups is 1. The summed E-state index contributed by atoms with van der Waals surface area (Å²) in [5.74, 6) is -0.119. The highest BCUT2D eigenvalue weighted by Crippen LogP contribution is 2.30. The molecule has 1 atom stereocenters. The highest BCUT2D eigenvalue weighted by molar-refractivity contribution is 6.29. The fourth-order valence-corrected chi connectivity index (χ4v) is 3.40. The summed E-state index contributed by atoms with van der Waals surface area (Å²) in [5, 5.41) is 0.372. The minimum atomic E-state index is -0.219. The summed E-state index contributed by atoms with van der Waals surface area (Å²) < 4.78 is 7.51. The molecule has 0 spiro atoms. The Bertz CT molecular complexity index is 985. The van der Waals surface area contributed by atoms with Gasteiger partial charge in [-0.25, -0.2) is 9.97 Å². The summed E-state index contributed by atoms with van der Waals surface area (Å²) in [6.07, 6.45) is 6.88. The van der Waals surface area contributed by atoms with Gasteiger partial charge >= 0.3 is 0 Å². The van der Waals surface area contributed by atoms with Crippen LogP contribution in [0.5, 0.6) is 0 Å². The summed E-state index contributed by atoms with van der Waals surface area (Å²) in [6.45, 7) is 5.04. The van der Waals surface area contributed by atoms with Gasteiger partial charge in [0.15, 0.2) is 0 Å². The Morgan fingerprint density at radius 3 is 3.08 bits per heavy atom. The zero-order chi connectivity index (χ0) is 18.1. The third kappa shape index (κ3) is 3.09. The first kappa shape index (κ1) is 16.8. The minimum absolute atomic E-state index is 0.119. The van der Waals surface area contributed by atoms with Gasteiger partial charge in [-0.05, 0) is 35.9 Å². The van der Waals surface area contributed by atoms with Crippen LogP contribution >= 0.6 is 11.6 Å². The van der Waals surface area contributed by atoms with E-state index in [0.717, 1.165) is 22.5 Å². The number of nitrogens with zero attached hydrogens (tertiary/aromatic N) is 4. The molecule has 1 aliphatic heterocycles. The Morgan fingerprint density at radius 2 is 2.23 bits per heavy atom. The molecule has 0 aromatic carbocycles. The van der Waals surface area contributed by atoms with Gasteiger partial charge in [-0.1, -0.05) is 18.2 Å². The van der Waals surface area contributed by atoms with Crippen molar-refractivity contribution in [2.45, 2.75) is 6.04 Å². The topological polar surface area (TPSA) is 59.7 Å². The number of morpholine rings is 1. The minimum Gasteiger partial charge on any atom is -0.377 e. The molecule has 1 saturated heterocycles. The molecule has 1 fully saturated rings. The predicted molar refractivity (Wildman–Crippen MR) is 98.9 cm³/mol. The van der Waals surface area contributed by atoms with Gasteiger partial charge in [0.05, 0.1) is 24.9 Å².